The summed E-state index contributed by atoms with van der Waals surface area (Å²) in [6.07, 6.45) is 1.74. The highest BCUT2D eigenvalue weighted by molar-refractivity contribution is 7.19. The molecule has 1 aromatic carbocycles. The number of carbonyl (C=O) groups is 1. The predicted octanol–water partition coefficient (Wildman–Crippen LogP) is 4.53. The average molecular weight is 416 g/mol. The lowest BCUT2D eigenvalue weighted by molar-refractivity contribution is -0.132. The van der Waals surface area contributed by atoms with Gasteiger partial charge in [0.25, 0.3) is 5.56 Å². The number of fused-ring (bicyclic) bond motifs is 1. The van der Waals surface area contributed by atoms with E-state index in [0.29, 0.717) is 29.1 Å². The maximum Gasteiger partial charge on any atom is 0.263 e. The van der Waals surface area contributed by atoms with Crippen molar-refractivity contribution in [1.82, 2.24) is 14.5 Å². The molecule has 0 aliphatic heterocycles. The SMILES string of the molecule is CCCN(CCC)C(=O)Cn1c(C)nc2sc(C)c(-c3ccc(F)cc3)c2c1=O. The normalized spacial score (nSPS) is 11.2. The Morgan fingerprint density at radius 3 is 2.34 bits per heavy atom. The summed E-state index contributed by atoms with van der Waals surface area (Å²) < 4.78 is 14.8. The van der Waals surface area contributed by atoms with Gasteiger partial charge in [-0.3, -0.25) is 14.2 Å². The van der Waals surface area contributed by atoms with Crippen LogP contribution >= 0.6 is 11.3 Å². The van der Waals surface area contributed by atoms with Crippen molar-refractivity contribution in [2.24, 2.45) is 0 Å². The molecule has 0 bridgehead atoms. The van der Waals surface area contributed by atoms with Gasteiger partial charge in [0.15, 0.2) is 0 Å². The van der Waals surface area contributed by atoms with E-state index in [2.05, 4.69) is 4.98 Å². The molecule has 0 aliphatic rings. The van der Waals surface area contributed by atoms with E-state index in [9.17, 15) is 14.0 Å². The molecule has 0 atom stereocenters. The molecule has 0 radical (unpaired) electrons. The number of hydrogen-bond donors (Lipinski definition) is 0. The molecule has 0 unspecified atom stereocenters. The number of halogens is 1. The number of aryl methyl sites for hydroxylation is 2. The molecule has 154 valence electrons. The average Bonchev–Trinajstić information content (AvgIpc) is 3.01. The second-order valence-electron chi connectivity index (χ2n) is 7.15. The smallest absolute Gasteiger partial charge is 0.263 e. The summed E-state index contributed by atoms with van der Waals surface area (Å²) in [4.78, 5) is 34.2. The molecule has 7 heteroatoms. The van der Waals surface area contributed by atoms with E-state index < -0.39 is 0 Å². The maximum atomic E-state index is 13.4. The van der Waals surface area contributed by atoms with E-state index in [1.807, 2.05) is 20.8 Å². The number of aromatic nitrogens is 2. The van der Waals surface area contributed by atoms with Crippen LogP contribution in [0.25, 0.3) is 21.3 Å². The van der Waals surface area contributed by atoms with E-state index in [-0.39, 0.29) is 23.8 Å². The quantitative estimate of drug-likeness (QED) is 0.570. The zero-order chi connectivity index (χ0) is 21.1. The van der Waals surface area contributed by atoms with Crippen LogP contribution in [-0.4, -0.2) is 33.4 Å². The number of thiophene rings is 1. The largest absolute Gasteiger partial charge is 0.341 e. The number of amides is 1. The number of rotatable bonds is 7. The van der Waals surface area contributed by atoms with Crippen LogP contribution in [0.4, 0.5) is 4.39 Å². The molecule has 3 rings (SSSR count). The summed E-state index contributed by atoms with van der Waals surface area (Å²) in [7, 11) is 0. The van der Waals surface area contributed by atoms with Gasteiger partial charge < -0.3 is 4.90 Å². The Balaban J connectivity index is 2.10. The number of carbonyl (C=O) groups excluding carboxylic acids is 1. The Labute approximate surface area is 173 Å². The van der Waals surface area contributed by atoms with E-state index in [0.717, 1.165) is 28.8 Å². The van der Waals surface area contributed by atoms with E-state index in [1.54, 1.807) is 24.0 Å². The van der Waals surface area contributed by atoms with Crippen LogP contribution in [0.15, 0.2) is 29.1 Å². The van der Waals surface area contributed by atoms with E-state index in [1.165, 1.54) is 28.0 Å². The molecule has 1 amide bonds. The highest BCUT2D eigenvalue weighted by Crippen LogP contribution is 2.35. The molecule has 0 aliphatic carbocycles. The Morgan fingerprint density at radius 1 is 1.14 bits per heavy atom. The van der Waals surface area contributed by atoms with Gasteiger partial charge in [-0.2, -0.15) is 0 Å². The molecule has 0 N–H and O–H groups in total. The molecule has 2 heterocycles. The maximum absolute atomic E-state index is 13.4. The van der Waals surface area contributed by atoms with Gasteiger partial charge in [-0.1, -0.05) is 26.0 Å². The van der Waals surface area contributed by atoms with Crippen LogP contribution in [-0.2, 0) is 11.3 Å². The van der Waals surface area contributed by atoms with Crippen LogP contribution in [0.2, 0.25) is 0 Å². The monoisotopic (exact) mass is 415 g/mol. The zero-order valence-corrected chi connectivity index (χ0v) is 18.1. The molecule has 0 saturated carbocycles. The second-order valence-corrected chi connectivity index (χ2v) is 8.35. The first-order valence-electron chi connectivity index (χ1n) is 9.91. The van der Waals surface area contributed by atoms with Crippen LogP contribution in [0.1, 0.15) is 37.4 Å². The van der Waals surface area contributed by atoms with Gasteiger partial charge in [0.05, 0.1) is 5.39 Å². The van der Waals surface area contributed by atoms with Crippen LogP contribution in [0.5, 0.6) is 0 Å². The van der Waals surface area contributed by atoms with Gasteiger partial charge in [-0.25, -0.2) is 9.37 Å². The molecular formula is C22H26FN3O2S. The third kappa shape index (κ3) is 4.24. The number of benzene rings is 1. The Morgan fingerprint density at radius 2 is 1.76 bits per heavy atom. The number of nitrogens with zero attached hydrogens (tertiary/aromatic N) is 3. The highest BCUT2D eigenvalue weighted by atomic mass is 32.1. The molecular weight excluding hydrogens is 389 g/mol. The summed E-state index contributed by atoms with van der Waals surface area (Å²) in [5, 5.41) is 0.495. The summed E-state index contributed by atoms with van der Waals surface area (Å²) in [6, 6.07) is 6.11. The van der Waals surface area contributed by atoms with Crippen molar-refractivity contribution in [1.29, 1.82) is 0 Å². The van der Waals surface area contributed by atoms with Crippen molar-refractivity contribution in [3.05, 3.63) is 51.1 Å². The fourth-order valence-corrected chi connectivity index (χ4v) is 4.66. The summed E-state index contributed by atoms with van der Waals surface area (Å²) in [6.45, 7) is 9.08. The minimum absolute atomic E-state index is 0.0225. The first-order chi connectivity index (χ1) is 13.9. The molecule has 2 aromatic heterocycles. The molecule has 5 nitrogen and oxygen atoms in total. The minimum Gasteiger partial charge on any atom is -0.341 e. The third-order valence-corrected chi connectivity index (χ3v) is 5.94. The highest BCUT2D eigenvalue weighted by Gasteiger charge is 2.21. The molecule has 3 aromatic rings. The first-order valence-corrected chi connectivity index (χ1v) is 10.7. The lowest BCUT2D eigenvalue weighted by atomic mass is 10.0. The fourth-order valence-electron chi connectivity index (χ4n) is 3.58. The van der Waals surface area contributed by atoms with Gasteiger partial charge in [-0.15, -0.1) is 11.3 Å². The van der Waals surface area contributed by atoms with Crippen molar-refractivity contribution in [2.45, 2.75) is 47.1 Å². The zero-order valence-electron chi connectivity index (χ0n) is 17.3. The minimum atomic E-state index is -0.324. The van der Waals surface area contributed by atoms with Crippen molar-refractivity contribution >= 4 is 27.5 Å². The standard InChI is InChI=1S/C22H26FN3O2S/c1-5-11-25(12-6-2)18(27)13-26-15(4)24-21-20(22(26)28)19(14(3)29-21)16-7-9-17(23)10-8-16/h7-10H,5-6,11-13H2,1-4H3. The third-order valence-electron chi connectivity index (χ3n) is 4.94. The van der Waals surface area contributed by atoms with Crippen molar-refractivity contribution in [3.63, 3.8) is 0 Å². The Kier molecular flexibility index (Phi) is 6.47. The van der Waals surface area contributed by atoms with E-state index in [4.69, 9.17) is 0 Å². The fraction of sp³-hybridized carbons (Fsp3) is 0.409. The lowest BCUT2D eigenvalue weighted by Gasteiger charge is -2.22. The van der Waals surface area contributed by atoms with Crippen molar-refractivity contribution in [2.75, 3.05) is 13.1 Å². The molecule has 0 fully saturated rings. The van der Waals surface area contributed by atoms with Crippen LogP contribution < -0.4 is 5.56 Å². The van der Waals surface area contributed by atoms with E-state index >= 15 is 0 Å². The van der Waals surface area contributed by atoms with Crippen LogP contribution in [0.3, 0.4) is 0 Å². The second kappa shape index (κ2) is 8.86. The molecule has 29 heavy (non-hydrogen) atoms. The topological polar surface area (TPSA) is 55.2 Å². The van der Waals surface area contributed by atoms with Gasteiger partial charge in [0, 0.05) is 23.5 Å². The van der Waals surface area contributed by atoms with Gasteiger partial charge in [-0.05, 0) is 44.4 Å². The Hall–Kier alpha value is -2.54. The number of hydrogen-bond acceptors (Lipinski definition) is 4. The van der Waals surface area contributed by atoms with Crippen LogP contribution in [0, 0.1) is 19.7 Å². The van der Waals surface area contributed by atoms with Crippen molar-refractivity contribution in [3.8, 4) is 11.1 Å². The molecule has 0 saturated heterocycles. The van der Waals surface area contributed by atoms with Gasteiger partial charge in [0.2, 0.25) is 5.91 Å². The first kappa shape index (κ1) is 21.2. The Bertz CT molecular complexity index is 1080. The summed E-state index contributed by atoms with van der Waals surface area (Å²) in [5.74, 6) is 0.126. The van der Waals surface area contributed by atoms with Gasteiger partial charge >= 0.3 is 0 Å². The molecule has 0 spiro atoms. The summed E-state index contributed by atoms with van der Waals surface area (Å²) in [5.41, 5.74) is 1.31. The predicted molar refractivity (Wildman–Crippen MR) is 116 cm³/mol. The lowest BCUT2D eigenvalue weighted by Crippen LogP contribution is -2.38. The van der Waals surface area contributed by atoms with Gasteiger partial charge in [0.1, 0.15) is 23.0 Å². The van der Waals surface area contributed by atoms with Crippen molar-refractivity contribution < 1.29 is 9.18 Å². The summed E-state index contributed by atoms with van der Waals surface area (Å²) >= 11 is 1.44.